The van der Waals surface area contributed by atoms with E-state index >= 15 is 0 Å². The first-order valence-electron chi connectivity index (χ1n) is 4.01. The minimum Gasteiger partial charge on any atom is -0.391 e. The molecule has 1 N–H and O–H groups in total. The van der Waals surface area contributed by atoms with E-state index in [1.165, 1.54) is 23.5 Å². The summed E-state index contributed by atoms with van der Waals surface area (Å²) in [6, 6.07) is 4.71. The molecule has 2 rings (SSSR count). The molecule has 1 aromatic heterocycles. The predicted octanol–water partition coefficient (Wildman–Crippen LogP) is 2.84. The van der Waals surface area contributed by atoms with Crippen LogP contribution in [0.1, 0.15) is 10.4 Å². The van der Waals surface area contributed by atoms with Crippen LogP contribution in [0.3, 0.4) is 0 Å². The first-order valence-corrected chi connectivity index (χ1v) is 4.82. The molecular formula is C10H9FOS. The highest BCUT2D eigenvalue weighted by molar-refractivity contribution is 7.19. The molecule has 0 unspecified atom stereocenters. The SMILES string of the molecule is Cc1c(CO)sc2cc(F)ccc12. The Balaban J connectivity index is 2.76. The Hall–Kier alpha value is -0.930. The summed E-state index contributed by atoms with van der Waals surface area (Å²) >= 11 is 1.45. The van der Waals surface area contributed by atoms with Gasteiger partial charge in [-0.25, -0.2) is 4.39 Å². The van der Waals surface area contributed by atoms with Gasteiger partial charge in [-0.1, -0.05) is 6.07 Å². The Morgan fingerprint density at radius 1 is 1.46 bits per heavy atom. The van der Waals surface area contributed by atoms with Crippen molar-refractivity contribution in [3.8, 4) is 0 Å². The van der Waals surface area contributed by atoms with Gasteiger partial charge in [0.25, 0.3) is 0 Å². The normalized spacial score (nSPS) is 11.0. The lowest BCUT2D eigenvalue weighted by molar-refractivity contribution is 0.285. The number of aliphatic hydroxyl groups excluding tert-OH is 1. The smallest absolute Gasteiger partial charge is 0.124 e. The van der Waals surface area contributed by atoms with E-state index in [4.69, 9.17) is 5.11 Å². The van der Waals surface area contributed by atoms with Crippen molar-refractivity contribution >= 4 is 21.4 Å². The summed E-state index contributed by atoms with van der Waals surface area (Å²) in [5, 5.41) is 10.0. The molecule has 0 radical (unpaired) electrons. The Bertz CT molecular complexity index is 447. The number of rotatable bonds is 1. The van der Waals surface area contributed by atoms with Crippen molar-refractivity contribution in [3.05, 3.63) is 34.5 Å². The number of benzene rings is 1. The maximum Gasteiger partial charge on any atom is 0.124 e. The van der Waals surface area contributed by atoms with Gasteiger partial charge in [0.05, 0.1) is 6.61 Å². The molecule has 2 aromatic rings. The molecule has 1 nitrogen and oxygen atoms in total. The van der Waals surface area contributed by atoms with Gasteiger partial charge in [-0.2, -0.15) is 0 Å². The van der Waals surface area contributed by atoms with Crippen LogP contribution < -0.4 is 0 Å². The van der Waals surface area contributed by atoms with Crippen molar-refractivity contribution in [2.75, 3.05) is 0 Å². The molecule has 0 saturated heterocycles. The molecule has 0 amide bonds. The molecule has 0 fully saturated rings. The highest BCUT2D eigenvalue weighted by Crippen LogP contribution is 2.30. The third kappa shape index (κ3) is 1.34. The number of hydrogen-bond donors (Lipinski definition) is 1. The summed E-state index contributed by atoms with van der Waals surface area (Å²) < 4.78 is 13.7. The zero-order valence-electron chi connectivity index (χ0n) is 7.17. The highest BCUT2D eigenvalue weighted by Gasteiger charge is 2.07. The summed E-state index contributed by atoms with van der Waals surface area (Å²) in [6.45, 7) is 1.98. The number of hydrogen-bond acceptors (Lipinski definition) is 2. The second-order valence-electron chi connectivity index (χ2n) is 2.95. The van der Waals surface area contributed by atoms with Gasteiger partial charge in [0.15, 0.2) is 0 Å². The fourth-order valence-electron chi connectivity index (χ4n) is 1.40. The van der Waals surface area contributed by atoms with E-state index in [1.807, 2.05) is 6.92 Å². The van der Waals surface area contributed by atoms with E-state index in [0.717, 1.165) is 20.5 Å². The summed E-state index contributed by atoms with van der Waals surface area (Å²) in [7, 11) is 0. The van der Waals surface area contributed by atoms with Crippen LogP contribution >= 0.6 is 11.3 Å². The lowest BCUT2D eigenvalue weighted by Gasteiger charge is -1.92. The van der Waals surface area contributed by atoms with Crippen molar-refractivity contribution in [3.63, 3.8) is 0 Å². The second-order valence-corrected chi connectivity index (χ2v) is 4.09. The van der Waals surface area contributed by atoms with Crippen LogP contribution in [0.5, 0.6) is 0 Å². The van der Waals surface area contributed by atoms with E-state index in [1.54, 1.807) is 6.07 Å². The lowest BCUT2D eigenvalue weighted by atomic mass is 10.1. The van der Waals surface area contributed by atoms with Gasteiger partial charge in [0.2, 0.25) is 0 Å². The van der Waals surface area contributed by atoms with Crippen LogP contribution in [0, 0.1) is 12.7 Å². The monoisotopic (exact) mass is 196 g/mol. The Morgan fingerprint density at radius 2 is 2.23 bits per heavy atom. The van der Waals surface area contributed by atoms with Crippen LogP contribution in [0.4, 0.5) is 4.39 Å². The topological polar surface area (TPSA) is 20.2 Å². The molecule has 3 heteroatoms. The van der Waals surface area contributed by atoms with Gasteiger partial charge in [-0.05, 0) is 30.0 Å². The highest BCUT2D eigenvalue weighted by atomic mass is 32.1. The van der Waals surface area contributed by atoms with E-state index < -0.39 is 0 Å². The Labute approximate surface area is 79.4 Å². The van der Waals surface area contributed by atoms with E-state index in [9.17, 15) is 4.39 Å². The number of halogens is 1. The molecular weight excluding hydrogens is 187 g/mol. The Morgan fingerprint density at radius 3 is 2.92 bits per heavy atom. The molecule has 0 aliphatic heterocycles. The van der Waals surface area contributed by atoms with Crippen LogP contribution in [0.15, 0.2) is 18.2 Å². The van der Waals surface area contributed by atoms with E-state index in [2.05, 4.69) is 0 Å². The van der Waals surface area contributed by atoms with Crippen molar-refractivity contribution in [1.29, 1.82) is 0 Å². The fourth-order valence-corrected chi connectivity index (χ4v) is 2.50. The predicted molar refractivity (Wildman–Crippen MR) is 52.4 cm³/mol. The molecule has 68 valence electrons. The summed E-state index contributed by atoms with van der Waals surface area (Å²) in [6.07, 6.45) is 0. The zero-order valence-corrected chi connectivity index (χ0v) is 7.99. The summed E-state index contributed by atoms with van der Waals surface area (Å²) in [5.41, 5.74) is 1.06. The van der Waals surface area contributed by atoms with Crippen molar-refractivity contribution in [2.24, 2.45) is 0 Å². The number of thiophene rings is 1. The molecule has 0 spiro atoms. The summed E-state index contributed by atoms with van der Waals surface area (Å²) in [5.74, 6) is -0.224. The largest absolute Gasteiger partial charge is 0.391 e. The first-order chi connectivity index (χ1) is 6.22. The third-order valence-corrected chi connectivity index (χ3v) is 3.38. The maximum absolute atomic E-state index is 12.8. The molecule has 0 atom stereocenters. The second kappa shape index (κ2) is 3.09. The number of aliphatic hydroxyl groups is 1. The average molecular weight is 196 g/mol. The number of aryl methyl sites for hydroxylation is 1. The average Bonchev–Trinajstić information content (AvgIpc) is 2.42. The standard InChI is InChI=1S/C10H9FOS/c1-6-8-3-2-7(11)4-9(8)13-10(6)5-12/h2-4,12H,5H2,1H3. The van der Waals surface area contributed by atoms with Gasteiger partial charge in [-0.3, -0.25) is 0 Å². The lowest BCUT2D eigenvalue weighted by Crippen LogP contribution is -1.79. The zero-order chi connectivity index (χ0) is 9.42. The van der Waals surface area contributed by atoms with Crippen LogP contribution in [-0.2, 0) is 6.61 Å². The maximum atomic E-state index is 12.8. The summed E-state index contributed by atoms with van der Waals surface area (Å²) in [4.78, 5) is 0.917. The van der Waals surface area contributed by atoms with E-state index in [-0.39, 0.29) is 12.4 Å². The molecule has 1 aromatic carbocycles. The number of fused-ring (bicyclic) bond motifs is 1. The minimum atomic E-state index is -0.224. The van der Waals surface area contributed by atoms with Crippen LogP contribution in [0.25, 0.3) is 10.1 Å². The van der Waals surface area contributed by atoms with Gasteiger partial charge in [-0.15, -0.1) is 11.3 Å². The molecule has 1 heterocycles. The van der Waals surface area contributed by atoms with Crippen LogP contribution in [0.2, 0.25) is 0 Å². The van der Waals surface area contributed by atoms with Gasteiger partial charge >= 0.3 is 0 Å². The molecule has 13 heavy (non-hydrogen) atoms. The van der Waals surface area contributed by atoms with E-state index in [0.29, 0.717) is 0 Å². The molecule has 0 saturated carbocycles. The van der Waals surface area contributed by atoms with Crippen LogP contribution in [-0.4, -0.2) is 5.11 Å². The van der Waals surface area contributed by atoms with Crippen molar-refractivity contribution in [1.82, 2.24) is 0 Å². The van der Waals surface area contributed by atoms with Crippen molar-refractivity contribution in [2.45, 2.75) is 13.5 Å². The molecule has 0 bridgehead atoms. The quantitative estimate of drug-likeness (QED) is 0.743. The third-order valence-electron chi connectivity index (χ3n) is 2.14. The van der Waals surface area contributed by atoms with Gasteiger partial charge in [0.1, 0.15) is 5.82 Å². The van der Waals surface area contributed by atoms with Crippen molar-refractivity contribution < 1.29 is 9.50 Å². The molecule has 0 aliphatic rings. The fraction of sp³-hybridized carbons (Fsp3) is 0.200. The molecule has 0 aliphatic carbocycles. The minimum absolute atomic E-state index is 0.0345. The van der Waals surface area contributed by atoms with Gasteiger partial charge < -0.3 is 5.11 Å². The van der Waals surface area contributed by atoms with Gasteiger partial charge in [0, 0.05) is 9.58 Å². The first kappa shape index (κ1) is 8.66. The Kier molecular flexibility index (Phi) is 2.06.